The fourth-order valence-electron chi connectivity index (χ4n) is 7.29. The molecular formula is C35H44ClN3O6S. The first-order valence-electron chi connectivity index (χ1n) is 16.2. The number of hydrogen-bond donors (Lipinski definition) is 1. The Labute approximate surface area is 277 Å². The Balaban J connectivity index is 1.51. The molecule has 2 bridgehead atoms. The molecule has 6 rings (SSSR count). The van der Waals surface area contributed by atoms with Crippen LogP contribution in [0.15, 0.2) is 57.8 Å². The lowest BCUT2D eigenvalue weighted by molar-refractivity contribution is -0.137. The summed E-state index contributed by atoms with van der Waals surface area (Å²) in [5.74, 6) is 0.114. The van der Waals surface area contributed by atoms with Crippen LogP contribution in [-0.2, 0) is 40.8 Å². The smallest absolute Gasteiger partial charge is 0.287 e. The molecule has 4 aliphatic rings. The van der Waals surface area contributed by atoms with Gasteiger partial charge in [-0.3, -0.25) is 14.3 Å². The Bertz CT molecular complexity index is 1670. The lowest BCUT2D eigenvalue weighted by Crippen LogP contribution is -2.49. The third kappa shape index (κ3) is 6.33. The molecule has 0 unspecified atom stereocenters. The van der Waals surface area contributed by atoms with Gasteiger partial charge in [-0.05, 0) is 99.2 Å². The summed E-state index contributed by atoms with van der Waals surface area (Å²) >= 11 is 6.44. The summed E-state index contributed by atoms with van der Waals surface area (Å²) in [6, 6.07) is 11.4. The number of carbonyl (C=O) groups excluding carboxylic acids is 2. The molecule has 1 saturated carbocycles. The van der Waals surface area contributed by atoms with E-state index in [0.717, 1.165) is 49.4 Å². The Hall–Kier alpha value is -2.92. The minimum Gasteiger partial charge on any atom is -0.490 e. The fourth-order valence-corrected chi connectivity index (χ4v) is 9.19. The van der Waals surface area contributed by atoms with Crippen LogP contribution in [0.3, 0.4) is 0 Å². The van der Waals surface area contributed by atoms with Crippen molar-refractivity contribution in [3.63, 3.8) is 0 Å². The van der Waals surface area contributed by atoms with Gasteiger partial charge in [-0.2, -0.15) is 0 Å². The highest BCUT2D eigenvalue weighted by Gasteiger charge is 2.44. The van der Waals surface area contributed by atoms with Gasteiger partial charge < -0.3 is 19.1 Å². The molecule has 1 N–H and O–H groups in total. The number of carbonyl (C=O) groups is 2. The van der Waals surface area contributed by atoms with Crippen LogP contribution in [0.5, 0.6) is 5.75 Å². The second-order valence-corrected chi connectivity index (χ2v) is 15.8. The van der Waals surface area contributed by atoms with E-state index >= 15 is 0 Å². The summed E-state index contributed by atoms with van der Waals surface area (Å²) in [6.07, 6.45) is 8.92. The van der Waals surface area contributed by atoms with Crippen LogP contribution in [-0.4, -0.2) is 61.1 Å². The normalized spacial score (nSPS) is 31.3. The minimum absolute atomic E-state index is 0.0846. The maximum absolute atomic E-state index is 14.6. The Morgan fingerprint density at radius 3 is 2.78 bits per heavy atom. The number of rotatable bonds is 3. The topological polar surface area (TPSA) is 107 Å². The van der Waals surface area contributed by atoms with E-state index in [2.05, 4.69) is 26.1 Å². The van der Waals surface area contributed by atoms with Gasteiger partial charge in [-0.15, -0.1) is 4.36 Å². The third-order valence-electron chi connectivity index (χ3n) is 10.1. The number of methoxy groups -OCH3 is 1. The third-order valence-corrected chi connectivity index (χ3v) is 12.2. The summed E-state index contributed by atoms with van der Waals surface area (Å²) < 4.78 is 39.9. The van der Waals surface area contributed by atoms with Gasteiger partial charge in [0, 0.05) is 37.1 Å². The van der Waals surface area contributed by atoms with Gasteiger partial charge in [-0.25, -0.2) is 4.21 Å². The number of hydrogen-bond acceptors (Lipinski definition) is 7. The first-order valence-corrected chi connectivity index (χ1v) is 18.1. The van der Waals surface area contributed by atoms with Crippen molar-refractivity contribution in [1.29, 1.82) is 0 Å². The van der Waals surface area contributed by atoms with Gasteiger partial charge in [-0.1, -0.05) is 36.7 Å². The summed E-state index contributed by atoms with van der Waals surface area (Å²) in [5, 5.41) is 0.731. The molecular weight excluding hydrogens is 626 g/mol. The molecule has 46 heavy (non-hydrogen) atoms. The maximum atomic E-state index is 14.6. The van der Waals surface area contributed by atoms with E-state index in [-0.39, 0.29) is 29.4 Å². The summed E-state index contributed by atoms with van der Waals surface area (Å²) in [7, 11) is -1.98. The van der Waals surface area contributed by atoms with Gasteiger partial charge in [0.1, 0.15) is 11.4 Å². The van der Waals surface area contributed by atoms with E-state index in [9.17, 15) is 13.8 Å². The zero-order valence-electron chi connectivity index (χ0n) is 27.1. The maximum Gasteiger partial charge on any atom is 0.287 e. The molecule has 5 atom stereocenters. The lowest BCUT2D eigenvalue weighted by Gasteiger charge is -2.46. The fraction of sp³-hybridized carbons (Fsp3) is 0.543. The van der Waals surface area contributed by atoms with Crippen molar-refractivity contribution in [2.75, 3.05) is 38.3 Å². The zero-order chi connectivity index (χ0) is 32.7. The molecule has 11 heteroatoms. The van der Waals surface area contributed by atoms with Gasteiger partial charge in [0.2, 0.25) is 5.91 Å². The van der Waals surface area contributed by atoms with Crippen molar-refractivity contribution < 1.29 is 28.0 Å². The molecule has 1 spiro atoms. The molecule has 2 aliphatic heterocycles. The van der Waals surface area contributed by atoms with Gasteiger partial charge in [0.25, 0.3) is 5.91 Å². The van der Waals surface area contributed by atoms with Crippen LogP contribution >= 0.6 is 11.6 Å². The molecule has 9 nitrogen and oxygen atoms in total. The summed E-state index contributed by atoms with van der Waals surface area (Å²) in [6.45, 7) is 6.92. The van der Waals surface area contributed by atoms with Crippen molar-refractivity contribution in [3.8, 4) is 5.75 Å². The van der Waals surface area contributed by atoms with Crippen LogP contribution in [0.2, 0.25) is 5.02 Å². The predicted molar refractivity (Wildman–Crippen MR) is 179 cm³/mol. The molecule has 0 aromatic heterocycles. The number of nitrogens with one attached hydrogen (secondary N) is 1. The Kier molecular flexibility index (Phi) is 9.28. The second-order valence-electron chi connectivity index (χ2n) is 13.5. The van der Waals surface area contributed by atoms with Crippen LogP contribution in [0.1, 0.15) is 64.0 Å². The van der Waals surface area contributed by atoms with Gasteiger partial charge >= 0.3 is 0 Å². The zero-order valence-corrected chi connectivity index (χ0v) is 28.6. The van der Waals surface area contributed by atoms with Crippen molar-refractivity contribution in [2.24, 2.45) is 16.2 Å². The van der Waals surface area contributed by atoms with Crippen LogP contribution in [0.25, 0.3) is 0 Å². The van der Waals surface area contributed by atoms with E-state index < -0.39 is 27.3 Å². The van der Waals surface area contributed by atoms with Crippen LogP contribution in [0, 0.1) is 11.8 Å². The van der Waals surface area contributed by atoms with E-state index in [1.54, 1.807) is 46.1 Å². The molecule has 2 heterocycles. The van der Waals surface area contributed by atoms with Crippen LogP contribution < -0.4 is 14.4 Å². The van der Waals surface area contributed by atoms with Gasteiger partial charge in [0.15, 0.2) is 9.92 Å². The second kappa shape index (κ2) is 12.9. The number of nitrogens with zero attached hydrogens (tertiary/aromatic N) is 2. The number of fused-ring (bicyclic) bond motifs is 4. The van der Waals surface area contributed by atoms with E-state index in [4.69, 9.17) is 25.8 Å². The van der Waals surface area contributed by atoms with Crippen molar-refractivity contribution in [3.05, 3.63) is 64.7 Å². The summed E-state index contributed by atoms with van der Waals surface area (Å²) in [5.41, 5.74) is 1.62. The standard InChI is InChI=1S/C35H44ClN3O6S/c1-5-32(40)37-46(42)26-12-15-31-29(19-26)39(21-35(22-44-31)16-6-8-23-18-25(36)11-14-28(23)35)20-24-10-13-27(24)30(43-4)9-7-17-45-34(2,3)33(41)38-46/h7,9,11-12,14-15,18-19,24,27,30H,5-6,8,10,13,16-17,20-22H2,1-4H3,(H,37,38,40,41,42)/b9-7+/t24-,27+,30-,35-,46+/m0/s1. The monoisotopic (exact) mass is 669 g/mol. The first-order chi connectivity index (χ1) is 22.0. The largest absolute Gasteiger partial charge is 0.490 e. The first kappa shape index (κ1) is 33.0. The highest BCUT2D eigenvalue weighted by atomic mass is 35.5. The van der Waals surface area contributed by atoms with Crippen molar-refractivity contribution in [2.45, 2.75) is 81.3 Å². The minimum atomic E-state index is -3.71. The van der Waals surface area contributed by atoms with E-state index in [1.807, 2.05) is 18.2 Å². The molecule has 2 amide bonds. The predicted octanol–water partition coefficient (Wildman–Crippen LogP) is 6.01. The molecule has 1 fully saturated rings. The average molecular weight is 670 g/mol. The number of halogens is 1. The molecule has 2 aromatic carbocycles. The quantitative estimate of drug-likeness (QED) is 0.399. The van der Waals surface area contributed by atoms with Gasteiger partial charge in [0.05, 0.1) is 29.9 Å². The van der Waals surface area contributed by atoms with E-state index in [1.165, 1.54) is 11.1 Å². The molecule has 2 aliphatic carbocycles. The highest BCUT2D eigenvalue weighted by molar-refractivity contribution is 7.92. The molecule has 248 valence electrons. The van der Waals surface area contributed by atoms with Crippen molar-refractivity contribution in [1.82, 2.24) is 4.72 Å². The number of ether oxygens (including phenoxy) is 3. The number of benzene rings is 2. The number of aryl methyl sites for hydroxylation is 1. The number of anilines is 1. The Morgan fingerprint density at radius 2 is 2.04 bits per heavy atom. The number of amides is 2. The molecule has 0 radical (unpaired) electrons. The molecule has 0 saturated heterocycles. The lowest BCUT2D eigenvalue weighted by atomic mass is 9.68. The summed E-state index contributed by atoms with van der Waals surface area (Å²) in [4.78, 5) is 28.8. The average Bonchev–Trinajstić information content (AvgIpc) is 3.16. The SMILES string of the molecule is CCC(=O)N[S@@]1(=O)=NC(=O)C(C)(C)OC/C=C/[C@H](OC)[C@@H]2CC[C@H]2CN2C[C@@]3(CCCc4cc(Cl)ccc43)COc3ccc1cc32. The Morgan fingerprint density at radius 1 is 1.22 bits per heavy atom. The van der Waals surface area contributed by atoms with Crippen molar-refractivity contribution >= 4 is 39.0 Å². The molecule has 2 aromatic rings. The highest BCUT2D eigenvalue weighted by Crippen LogP contribution is 2.47. The van der Waals surface area contributed by atoms with E-state index in [0.29, 0.717) is 30.7 Å². The van der Waals surface area contributed by atoms with Crippen LogP contribution in [0.4, 0.5) is 5.69 Å².